The first-order valence-electron chi connectivity index (χ1n) is 9.02. The van der Waals surface area contributed by atoms with Gasteiger partial charge in [0.1, 0.15) is 0 Å². The molecule has 128 valence electrons. The van der Waals surface area contributed by atoms with Gasteiger partial charge in [-0.25, -0.2) is 0 Å². The fourth-order valence-electron chi connectivity index (χ4n) is 3.23. The lowest BCUT2D eigenvalue weighted by atomic mass is 10.1. The van der Waals surface area contributed by atoms with Gasteiger partial charge in [-0.05, 0) is 61.4 Å². The van der Waals surface area contributed by atoms with E-state index in [4.69, 9.17) is 0 Å². The molecule has 24 heavy (non-hydrogen) atoms. The molecule has 0 saturated heterocycles. The van der Waals surface area contributed by atoms with Crippen molar-refractivity contribution in [2.75, 3.05) is 24.3 Å². The number of nitrogens with zero attached hydrogens (tertiary/aromatic N) is 1. The van der Waals surface area contributed by atoms with Crippen LogP contribution in [0.2, 0.25) is 0 Å². The summed E-state index contributed by atoms with van der Waals surface area (Å²) in [7, 11) is 4.14. The average molecular weight is 341 g/mol. The third-order valence-electron chi connectivity index (χ3n) is 4.67. The molecule has 2 aromatic rings. The first kappa shape index (κ1) is 17.2. The Bertz CT molecular complexity index is 611. The van der Waals surface area contributed by atoms with E-state index in [2.05, 4.69) is 72.8 Å². The van der Waals surface area contributed by atoms with Gasteiger partial charge < -0.3 is 10.2 Å². The van der Waals surface area contributed by atoms with Crippen LogP contribution in [-0.4, -0.2) is 20.1 Å². The monoisotopic (exact) mass is 340 g/mol. The van der Waals surface area contributed by atoms with E-state index in [9.17, 15) is 0 Å². The van der Waals surface area contributed by atoms with Gasteiger partial charge in [-0.2, -0.15) is 0 Å². The molecule has 0 unspecified atom stereocenters. The average Bonchev–Trinajstić information content (AvgIpc) is 2.86. The van der Waals surface area contributed by atoms with Crippen molar-refractivity contribution in [3.05, 3.63) is 48.5 Å². The molecule has 1 aliphatic rings. The number of hydrogen-bond acceptors (Lipinski definition) is 3. The highest BCUT2D eigenvalue weighted by atomic mass is 32.2. The van der Waals surface area contributed by atoms with Gasteiger partial charge >= 0.3 is 0 Å². The Hall–Kier alpha value is -1.61. The van der Waals surface area contributed by atoms with Crippen molar-refractivity contribution in [2.45, 2.75) is 54.4 Å². The van der Waals surface area contributed by atoms with Crippen LogP contribution >= 0.6 is 11.8 Å². The summed E-state index contributed by atoms with van der Waals surface area (Å²) < 4.78 is 0. The minimum absolute atomic E-state index is 0.657. The van der Waals surface area contributed by atoms with Crippen molar-refractivity contribution in [3.63, 3.8) is 0 Å². The van der Waals surface area contributed by atoms with Crippen molar-refractivity contribution in [3.8, 4) is 0 Å². The molecule has 0 aliphatic heterocycles. The second-order valence-corrected chi connectivity index (χ2v) is 7.99. The molecular weight excluding hydrogens is 312 g/mol. The van der Waals surface area contributed by atoms with E-state index < -0.39 is 0 Å². The highest BCUT2D eigenvalue weighted by Gasteiger charge is 2.11. The van der Waals surface area contributed by atoms with E-state index in [1.54, 1.807) is 0 Å². The number of benzene rings is 2. The molecule has 0 radical (unpaired) electrons. The third kappa shape index (κ3) is 4.94. The molecule has 1 fully saturated rings. The van der Waals surface area contributed by atoms with Gasteiger partial charge in [0.25, 0.3) is 0 Å². The molecule has 1 aliphatic carbocycles. The third-order valence-corrected chi connectivity index (χ3v) is 5.68. The topological polar surface area (TPSA) is 15.3 Å². The Morgan fingerprint density at radius 1 is 0.792 bits per heavy atom. The molecule has 0 spiro atoms. The molecular formula is C21H28N2S. The maximum absolute atomic E-state index is 3.72. The maximum Gasteiger partial charge on any atom is 0.0361 e. The lowest BCUT2D eigenvalue weighted by Crippen LogP contribution is -2.17. The van der Waals surface area contributed by atoms with E-state index in [1.807, 2.05) is 11.8 Å². The Balaban J connectivity index is 1.57. The summed E-state index contributed by atoms with van der Waals surface area (Å²) in [5.74, 6) is 0. The molecule has 1 N–H and O–H groups in total. The van der Waals surface area contributed by atoms with Crippen molar-refractivity contribution >= 4 is 23.1 Å². The standard InChI is InChI=1S/C21H28N2S/c1-23(2)19-11-15-21(16-12-19)24-20-13-9-18(10-14-20)22-17-7-5-3-4-6-8-17/h9-17,22H,3-8H2,1-2H3. The SMILES string of the molecule is CN(C)c1ccc(Sc2ccc(NC3CCCCCC3)cc2)cc1. The Labute approximate surface area is 150 Å². The Kier molecular flexibility index (Phi) is 6.08. The summed E-state index contributed by atoms with van der Waals surface area (Å²) in [5.41, 5.74) is 2.50. The molecule has 0 heterocycles. The lowest BCUT2D eigenvalue weighted by Gasteiger charge is -2.17. The number of rotatable bonds is 5. The normalized spacial score (nSPS) is 15.8. The largest absolute Gasteiger partial charge is 0.382 e. The summed E-state index contributed by atoms with van der Waals surface area (Å²) >= 11 is 1.82. The smallest absolute Gasteiger partial charge is 0.0361 e. The summed E-state index contributed by atoms with van der Waals surface area (Å²) in [6, 6.07) is 18.3. The summed E-state index contributed by atoms with van der Waals surface area (Å²) in [5, 5.41) is 3.72. The molecule has 3 rings (SSSR count). The van der Waals surface area contributed by atoms with Crippen molar-refractivity contribution in [2.24, 2.45) is 0 Å². The van der Waals surface area contributed by atoms with E-state index in [0.717, 1.165) is 0 Å². The highest BCUT2D eigenvalue weighted by Crippen LogP contribution is 2.30. The maximum atomic E-state index is 3.72. The lowest BCUT2D eigenvalue weighted by molar-refractivity contribution is 0.620. The van der Waals surface area contributed by atoms with Gasteiger partial charge in [-0.15, -0.1) is 0 Å². The van der Waals surface area contributed by atoms with Crippen LogP contribution in [0.25, 0.3) is 0 Å². The number of nitrogens with one attached hydrogen (secondary N) is 1. The van der Waals surface area contributed by atoms with E-state index in [-0.39, 0.29) is 0 Å². The molecule has 0 amide bonds. The molecule has 2 nitrogen and oxygen atoms in total. The van der Waals surface area contributed by atoms with Crippen LogP contribution in [0.1, 0.15) is 38.5 Å². The zero-order chi connectivity index (χ0) is 16.8. The summed E-state index contributed by atoms with van der Waals surface area (Å²) in [4.78, 5) is 4.70. The van der Waals surface area contributed by atoms with Gasteiger partial charge in [-0.1, -0.05) is 37.4 Å². The van der Waals surface area contributed by atoms with Crippen LogP contribution in [0.4, 0.5) is 11.4 Å². The molecule has 2 aromatic carbocycles. The van der Waals surface area contributed by atoms with Crippen LogP contribution in [0.5, 0.6) is 0 Å². The van der Waals surface area contributed by atoms with Gasteiger partial charge in [0.05, 0.1) is 0 Å². The van der Waals surface area contributed by atoms with Crippen LogP contribution < -0.4 is 10.2 Å². The first-order chi connectivity index (χ1) is 11.7. The van der Waals surface area contributed by atoms with Crippen LogP contribution in [0, 0.1) is 0 Å². The molecule has 0 aromatic heterocycles. The minimum atomic E-state index is 0.657. The molecule has 0 bridgehead atoms. The van der Waals surface area contributed by atoms with Gasteiger partial charge in [0, 0.05) is 41.3 Å². The zero-order valence-electron chi connectivity index (χ0n) is 14.8. The van der Waals surface area contributed by atoms with Gasteiger partial charge in [-0.3, -0.25) is 0 Å². The van der Waals surface area contributed by atoms with E-state index >= 15 is 0 Å². The predicted octanol–water partition coefficient (Wildman–Crippen LogP) is 6.04. The van der Waals surface area contributed by atoms with Gasteiger partial charge in [0.2, 0.25) is 0 Å². The second-order valence-electron chi connectivity index (χ2n) is 6.85. The van der Waals surface area contributed by atoms with Crippen LogP contribution in [0.3, 0.4) is 0 Å². The fraction of sp³-hybridized carbons (Fsp3) is 0.429. The second kappa shape index (κ2) is 8.48. The summed E-state index contributed by atoms with van der Waals surface area (Å²) in [6.07, 6.45) is 8.17. The number of hydrogen-bond donors (Lipinski definition) is 1. The minimum Gasteiger partial charge on any atom is -0.382 e. The van der Waals surface area contributed by atoms with Crippen molar-refractivity contribution in [1.29, 1.82) is 0 Å². The Morgan fingerprint density at radius 3 is 1.88 bits per heavy atom. The quantitative estimate of drug-likeness (QED) is 0.668. The van der Waals surface area contributed by atoms with Crippen molar-refractivity contribution in [1.82, 2.24) is 0 Å². The Morgan fingerprint density at radius 2 is 1.33 bits per heavy atom. The van der Waals surface area contributed by atoms with Gasteiger partial charge in [0.15, 0.2) is 0 Å². The fourth-order valence-corrected chi connectivity index (χ4v) is 4.04. The molecule has 0 atom stereocenters. The van der Waals surface area contributed by atoms with Crippen LogP contribution in [0.15, 0.2) is 58.3 Å². The van der Waals surface area contributed by atoms with Crippen LogP contribution in [-0.2, 0) is 0 Å². The summed E-state index contributed by atoms with van der Waals surface area (Å²) in [6.45, 7) is 0. The first-order valence-corrected chi connectivity index (χ1v) is 9.84. The van der Waals surface area contributed by atoms with Crippen molar-refractivity contribution < 1.29 is 0 Å². The zero-order valence-corrected chi connectivity index (χ0v) is 15.6. The molecule has 1 saturated carbocycles. The molecule has 3 heteroatoms. The predicted molar refractivity (Wildman–Crippen MR) is 106 cm³/mol. The highest BCUT2D eigenvalue weighted by molar-refractivity contribution is 7.99. The number of anilines is 2. The van der Waals surface area contributed by atoms with E-state index in [0.29, 0.717) is 6.04 Å². The van der Waals surface area contributed by atoms with E-state index in [1.165, 1.54) is 59.7 Å².